The van der Waals surface area contributed by atoms with Gasteiger partial charge in [0.1, 0.15) is 11.5 Å². The van der Waals surface area contributed by atoms with Crippen molar-refractivity contribution in [2.45, 2.75) is 13.0 Å². The van der Waals surface area contributed by atoms with Crippen LogP contribution in [0.1, 0.15) is 18.6 Å². The molecule has 0 bridgehead atoms. The second-order valence-corrected chi connectivity index (χ2v) is 3.31. The van der Waals surface area contributed by atoms with Crippen molar-refractivity contribution < 1.29 is 14.6 Å². The van der Waals surface area contributed by atoms with Gasteiger partial charge in [0.2, 0.25) is 0 Å². The van der Waals surface area contributed by atoms with Crippen molar-refractivity contribution in [3.8, 4) is 11.5 Å². The topological polar surface area (TPSA) is 38.7 Å². The Hall–Kier alpha value is -0.930. The molecule has 1 unspecified atom stereocenters. The largest absolute Gasteiger partial charge is 0.496 e. The van der Waals surface area contributed by atoms with Gasteiger partial charge in [-0.25, -0.2) is 0 Å². The zero-order valence-electron chi connectivity index (χ0n) is 8.37. The quantitative estimate of drug-likeness (QED) is 0.844. The molecule has 0 aliphatic rings. The number of methoxy groups -OCH3 is 2. The minimum absolute atomic E-state index is 0.466. The third-order valence-electron chi connectivity index (χ3n) is 1.95. The van der Waals surface area contributed by atoms with Gasteiger partial charge < -0.3 is 14.6 Å². The maximum Gasteiger partial charge on any atom is 0.138 e. The van der Waals surface area contributed by atoms with E-state index in [-0.39, 0.29) is 0 Å². The van der Waals surface area contributed by atoms with Crippen molar-refractivity contribution in [3.63, 3.8) is 0 Å². The average Bonchev–Trinajstić information content (AvgIpc) is 2.16. The van der Waals surface area contributed by atoms with Crippen molar-refractivity contribution in [2.24, 2.45) is 0 Å². The lowest BCUT2D eigenvalue weighted by atomic mass is 10.1. The number of aliphatic hydroxyl groups is 1. The molecule has 1 atom stereocenters. The number of ether oxygens (including phenoxy) is 2. The Balaban J connectivity index is 3.25. The minimum Gasteiger partial charge on any atom is -0.496 e. The molecule has 1 aromatic rings. The summed E-state index contributed by atoms with van der Waals surface area (Å²) in [5.74, 6) is 1.09. The average molecular weight is 217 g/mol. The standard InChI is InChI=1S/C10H13ClO3/c1-6(12)7-4-10(14-3)8(11)5-9(7)13-2/h4-6,12H,1-3H3. The number of halogens is 1. The van der Waals surface area contributed by atoms with Gasteiger partial charge in [-0.15, -0.1) is 0 Å². The molecule has 1 aromatic carbocycles. The molecule has 0 saturated carbocycles. The second kappa shape index (κ2) is 4.53. The van der Waals surface area contributed by atoms with Gasteiger partial charge in [-0.2, -0.15) is 0 Å². The summed E-state index contributed by atoms with van der Waals surface area (Å²) in [6.07, 6.45) is -0.615. The van der Waals surface area contributed by atoms with Crippen LogP contribution in [0.4, 0.5) is 0 Å². The van der Waals surface area contributed by atoms with Gasteiger partial charge >= 0.3 is 0 Å². The maximum absolute atomic E-state index is 9.47. The van der Waals surface area contributed by atoms with Crippen LogP contribution in [0.15, 0.2) is 12.1 Å². The summed E-state index contributed by atoms with van der Waals surface area (Å²) in [7, 11) is 3.06. The summed E-state index contributed by atoms with van der Waals surface area (Å²) in [6, 6.07) is 3.30. The van der Waals surface area contributed by atoms with Gasteiger partial charge in [-0.05, 0) is 13.0 Å². The van der Waals surface area contributed by atoms with Crippen LogP contribution in [0.2, 0.25) is 5.02 Å². The van der Waals surface area contributed by atoms with Gasteiger partial charge in [-0.3, -0.25) is 0 Å². The Labute approximate surface area is 88.2 Å². The first kappa shape index (κ1) is 11.1. The zero-order valence-corrected chi connectivity index (χ0v) is 9.13. The lowest BCUT2D eigenvalue weighted by Gasteiger charge is -2.13. The van der Waals surface area contributed by atoms with Crippen LogP contribution in [-0.4, -0.2) is 19.3 Å². The van der Waals surface area contributed by atoms with Crippen LogP contribution in [0.25, 0.3) is 0 Å². The van der Waals surface area contributed by atoms with Gasteiger partial charge in [0, 0.05) is 11.6 Å². The van der Waals surface area contributed by atoms with Gasteiger partial charge in [0.05, 0.1) is 25.3 Å². The van der Waals surface area contributed by atoms with E-state index >= 15 is 0 Å². The summed E-state index contributed by atoms with van der Waals surface area (Å²) in [5, 5.41) is 9.93. The molecule has 0 radical (unpaired) electrons. The van der Waals surface area contributed by atoms with Crippen molar-refractivity contribution in [1.82, 2.24) is 0 Å². The van der Waals surface area contributed by atoms with Gasteiger partial charge in [-0.1, -0.05) is 11.6 Å². The maximum atomic E-state index is 9.47. The van der Waals surface area contributed by atoms with E-state index in [1.54, 1.807) is 19.1 Å². The molecule has 3 nitrogen and oxygen atoms in total. The van der Waals surface area contributed by atoms with Crippen LogP contribution in [0.3, 0.4) is 0 Å². The van der Waals surface area contributed by atoms with Gasteiger partial charge in [0.25, 0.3) is 0 Å². The summed E-state index contributed by atoms with van der Waals surface area (Å²) in [4.78, 5) is 0. The molecule has 0 spiro atoms. The number of aliphatic hydroxyl groups excluding tert-OH is 1. The van der Waals surface area contributed by atoms with Crippen LogP contribution in [0, 0.1) is 0 Å². The fourth-order valence-corrected chi connectivity index (χ4v) is 1.44. The van der Waals surface area contributed by atoms with E-state index in [0.29, 0.717) is 22.1 Å². The van der Waals surface area contributed by atoms with Crippen LogP contribution in [0.5, 0.6) is 11.5 Å². The molecular formula is C10H13ClO3. The number of hydrogen-bond donors (Lipinski definition) is 1. The smallest absolute Gasteiger partial charge is 0.138 e. The third-order valence-corrected chi connectivity index (χ3v) is 2.25. The molecule has 0 aromatic heterocycles. The highest BCUT2D eigenvalue weighted by Gasteiger charge is 2.13. The molecule has 0 heterocycles. The first-order chi connectivity index (χ1) is 6.60. The van der Waals surface area contributed by atoms with E-state index in [2.05, 4.69) is 0 Å². The summed E-state index contributed by atoms with van der Waals surface area (Å²) in [6.45, 7) is 1.66. The molecule has 0 aliphatic heterocycles. The SMILES string of the molecule is COc1cc(C(C)O)c(OC)cc1Cl. The lowest BCUT2D eigenvalue weighted by molar-refractivity contribution is 0.194. The molecule has 0 saturated heterocycles. The molecule has 4 heteroatoms. The molecular weight excluding hydrogens is 204 g/mol. The molecule has 1 N–H and O–H groups in total. The molecule has 0 aliphatic carbocycles. The Kier molecular flexibility index (Phi) is 3.61. The monoisotopic (exact) mass is 216 g/mol. The van der Waals surface area contributed by atoms with Crippen molar-refractivity contribution >= 4 is 11.6 Å². The van der Waals surface area contributed by atoms with Crippen LogP contribution < -0.4 is 9.47 Å². The lowest BCUT2D eigenvalue weighted by Crippen LogP contribution is -1.98. The predicted molar refractivity (Wildman–Crippen MR) is 55.2 cm³/mol. The van der Waals surface area contributed by atoms with Crippen molar-refractivity contribution in [2.75, 3.05) is 14.2 Å². The second-order valence-electron chi connectivity index (χ2n) is 2.90. The molecule has 1 rings (SSSR count). The number of hydrogen-bond acceptors (Lipinski definition) is 3. The summed E-state index contributed by atoms with van der Waals surface area (Å²) in [5.41, 5.74) is 0.661. The first-order valence-corrected chi connectivity index (χ1v) is 4.57. The Morgan fingerprint density at radius 1 is 1.21 bits per heavy atom. The van der Waals surface area contributed by atoms with E-state index in [1.165, 1.54) is 14.2 Å². The number of benzene rings is 1. The highest BCUT2D eigenvalue weighted by Crippen LogP contribution is 2.35. The van der Waals surface area contributed by atoms with Crippen LogP contribution in [-0.2, 0) is 0 Å². The normalized spacial score (nSPS) is 12.4. The van der Waals surface area contributed by atoms with E-state index in [9.17, 15) is 5.11 Å². The fraction of sp³-hybridized carbons (Fsp3) is 0.400. The van der Waals surface area contributed by atoms with Crippen molar-refractivity contribution in [3.05, 3.63) is 22.7 Å². The minimum atomic E-state index is -0.615. The third kappa shape index (κ3) is 2.11. The van der Waals surface area contributed by atoms with Gasteiger partial charge in [0.15, 0.2) is 0 Å². The molecule has 0 fully saturated rings. The molecule has 14 heavy (non-hydrogen) atoms. The Bertz CT molecular complexity index is 323. The van der Waals surface area contributed by atoms with E-state index in [4.69, 9.17) is 21.1 Å². The molecule has 78 valence electrons. The van der Waals surface area contributed by atoms with Crippen molar-refractivity contribution in [1.29, 1.82) is 0 Å². The van der Waals surface area contributed by atoms with E-state index in [0.717, 1.165) is 0 Å². The Morgan fingerprint density at radius 2 is 1.79 bits per heavy atom. The highest BCUT2D eigenvalue weighted by atomic mass is 35.5. The highest BCUT2D eigenvalue weighted by molar-refractivity contribution is 6.32. The zero-order chi connectivity index (χ0) is 10.7. The van der Waals surface area contributed by atoms with Crippen LogP contribution >= 0.6 is 11.6 Å². The Morgan fingerprint density at radius 3 is 2.21 bits per heavy atom. The first-order valence-electron chi connectivity index (χ1n) is 4.19. The fourth-order valence-electron chi connectivity index (χ4n) is 1.21. The summed E-state index contributed by atoms with van der Waals surface area (Å²) < 4.78 is 10.1. The number of rotatable bonds is 3. The van der Waals surface area contributed by atoms with E-state index < -0.39 is 6.10 Å². The molecule has 0 amide bonds. The summed E-state index contributed by atoms with van der Waals surface area (Å²) >= 11 is 5.90. The van der Waals surface area contributed by atoms with E-state index in [1.807, 2.05) is 0 Å². The predicted octanol–water partition coefficient (Wildman–Crippen LogP) is 2.41.